The predicted octanol–water partition coefficient (Wildman–Crippen LogP) is 2.64. The van der Waals surface area contributed by atoms with E-state index in [0.717, 1.165) is 30.8 Å². The molecule has 1 amide bonds. The van der Waals surface area contributed by atoms with Crippen molar-refractivity contribution in [3.05, 3.63) is 40.7 Å². The van der Waals surface area contributed by atoms with Gasteiger partial charge in [0.05, 0.1) is 29.9 Å². The van der Waals surface area contributed by atoms with Gasteiger partial charge in [0, 0.05) is 11.9 Å². The van der Waals surface area contributed by atoms with Gasteiger partial charge in [-0.25, -0.2) is 4.98 Å². The van der Waals surface area contributed by atoms with E-state index in [0.29, 0.717) is 6.42 Å². The Balaban J connectivity index is 1.73. The lowest BCUT2D eigenvalue weighted by molar-refractivity contribution is -0.131. The van der Waals surface area contributed by atoms with Crippen LogP contribution in [0.4, 0.5) is 0 Å². The monoisotopic (exact) mass is 262 g/mol. The van der Waals surface area contributed by atoms with Crippen molar-refractivity contribution in [2.24, 2.45) is 0 Å². The number of carbonyl (C=O) groups is 1. The molecule has 1 atom stereocenters. The molecule has 2 aromatic heterocycles. The van der Waals surface area contributed by atoms with E-state index in [4.69, 9.17) is 4.42 Å². The fourth-order valence-corrected chi connectivity index (χ4v) is 2.98. The largest absolute Gasteiger partial charge is 0.467 e. The fraction of sp³-hybridized carbons (Fsp3) is 0.385. The van der Waals surface area contributed by atoms with Crippen molar-refractivity contribution in [3.8, 4) is 0 Å². The molecule has 1 saturated heterocycles. The molecule has 0 aromatic carbocycles. The molecule has 4 nitrogen and oxygen atoms in total. The molecular weight excluding hydrogens is 248 g/mol. The molecule has 1 unspecified atom stereocenters. The van der Waals surface area contributed by atoms with Crippen molar-refractivity contribution < 1.29 is 9.21 Å². The van der Waals surface area contributed by atoms with Crippen LogP contribution in [0.15, 0.2) is 33.7 Å². The first kappa shape index (κ1) is 11.5. The van der Waals surface area contributed by atoms with Crippen molar-refractivity contribution in [2.45, 2.75) is 25.3 Å². The molecule has 1 aliphatic heterocycles. The minimum absolute atomic E-state index is 0.103. The second kappa shape index (κ2) is 4.94. The van der Waals surface area contributed by atoms with Crippen LogP contribution in [-0.4, -0.2) is 22.3 Å². The molecule has 0 saturated carbocycles. The third kappa shape index (κ3) is 2.18. The standard InChI is InChI=1S/C13H14N2O2S/c16-13(7-10-8-18-9-14-10)15-5-1-3-11(15)12-4-2-6-17-12/h2,4,6,8-9,11H,1,3,5,7H2. The molecule has 0 bridgehead atoms. The summed E-state index contributed by atoms with van der Waals surface area (Å²) in [5, 5.41) is 1.93. The van der Waals surface area contributed by atoms with Gasteiger partial charge in [-0.1, -0.05) is 0 Å². The summed E-state index contributed by atoms with van der Waals surface area (Å²) in [7, 11) is 0. The quantitative estimate of drug-likeness (QED) is 0.854. The highest BCUT2D eigenvalue weighted by Gasteiger charge is 2.31. The molecule has 3 rings (SSSR count). The lowest BCUT2D eigenvalue weighted by atomic mass is 10.1. The third-order valence-corrected chi connectivity index (χ3v) is 3.90. The van der Waals surface area contributed by atoms with E-state index in [1.807, 2.05) is 22.4 Å². The molecule has 94 valence electrons. The Morgan fingerprint density at radius 2 is 2.56 bits per heavy atom. The smallest absolute Gasteiger partial charge is 0.229 e. The number of hydrogen-bond acceptors (Lipinski definition) is 4. The van der Waals surface area contributed by atoms with Crippen LogP contribution in [0.2, 0.25) is 0 Å². The summed E-state index contributed by atoms with van der Waals surface area (Å²) in [4.78, 5) is 18.3. The molecule has 18 heavy (non-hydrogen) atoms. The molecule has 1 aliphatic rings. The highest BCUT2D eigenvalue weighted by molar-refractivity contribution is 7.07. The normalized spacial score (nSPS) is 19.3. The summed E-state index contributed by atoms with van der Waals surface area (Å²) < 4.78 is 5.43. The Kier molecular flexibility index (Phi) is 3.15. The maximum absolute atomic E-state index is 12.3. The van der Waals surface area contributed by atoms with E-state index in [9.17, 15) is 4.79 Å². The number of carbonyl (C=O) groups excluding carboxylic acids is 1. The maximum atomic E-state index is 12.3. The molecule has 0 radical (unpaired) electrons. The lowest BCUT2D eigenvalue weighted by Gasteiger charge is -2.22. The first-order valence-electron chi connectivity index (χ1n) is 6.04. The molecule has 2 aromatic rings. The van der Waals surface area contributed by atoms with Crippen molar-refractivity contribution in [1.82, 2.24) is 9.88 Å². The van der Waals surface area contributed by atoms with Gasteiger partial charge in [-0.2, -0.15) is 0 Å². The summed E-state index contributed by atoms with van der Waals surface area (Å²) >= 11 is 1.52. The molecule has 1 fully saturated rings. The number of likely N-dealkylation sites (tertiary alicyclic amines) is 1. The Morgan fingerprint density at radius 1 is 1.61 bits per heavy atom. The first-order valence-corrected chi connectivity index (χ1v) is 6.99. The minimum atomic E-state index is 0.103. The third-order valence-electron chi connectivity index (χ3n) is 3.26. The zero-order chi connectivity index (χ0) is 12.4. The summed E-state index contributed by atoms with van der Waals surface area (Å²) in [5.41, 5.74) is 2.62. The van der Waals surface area contributed by atoms with Crippen LogP contribution in [0.1, 0.15) is 30.3 Å². The Bertz CT molecular complexity index is 507. The average molecular weight is 262 g/mol. The van der Waals surface area contributed by atoms with Crippen LogP contribution in [0.3, 0.4) is 0 Å². The number of nitrogens with zero attached hydrogens (tertiary/aromatic N) is 2. The van der Waals surface area contributed by atoms with Gasteiger partial charge in [-0.15, -0.1) is 11.3 Å². The van der Waals surface area contributed by atoms with Gasteiger partial charge >= 0.3 is 0 Å². The number of thiazole rings is 1. The van der Waals surface area contributed by atoms with Gasteiger partial charge in [0.2, 0.25) is 5.91 Å². The number of hydrogen-bond donors (Lipinski definition) is 0. The Morgan fingerprint density at radius 3 is 3.28 bits per heavy atom. The van der Waals surface area contributed by atoms with Crippen LogP contribution >= 0.6 is 11.3 Å². The SMILES string of the molecule is O=C(Cc1cscn1)N1CCCC1c1ccco1. The fourth-order valence-electron chi connectivity index (χ4n) is 2.42. The van der Waals surface area contributed by atoms with Gasteiger partial charge in [-0.05, 0) is 25.0 Å². The summed E-state index contributed by atoms with van der Waals surface area (Å²) in [5.74, 6) is 1.03. The van der Waals surface area contributed by atoms with Gasteiger partial charge < -0.3 is 9.32 Å². The van der Waals surface area contributed by atoms with Crippen molar-refractivity contribution in [1.29, 1.82) is 0 Å². The molecular formula is C13H14N2O2S. The number of aromatic nitrogens is 1. The average Bonchev–Trinajstić information content (AvgIpc) is 3.11. The van der Waals surface area contributed by atoms with Gasteiger partial charge in [-0.3, -0.25) is 4.79 Å². The van der Waals surface area contributed by atoms with Crippen LogP contribution in [0, 0.1) is 0 Å². The van der Waals surface area contributed by atoms with Crippen molar-refractivity contribution in [3.63, 3.8) is 0 Å². The minimum Gasteiger partial charge on any atom is -0.467 e. The zero-order valence-corrected chi connectivity index (χ0v) is 10.7. The summed E-state index contributed by atoms with van der Waals surface area (Å²) in [6.45, 7) is 0.814. The zero-order valence-electron chi connectivity index (χ0n) is 9.91. The second-order valence-electron chi connectivity index (χ2n) is 4.42. The summed E-state index contributed by atoms with van der Waals surface area (Å²) in [6.07, 6.45) is 4.07. The summed E-state index contributed by atoms with van der Waals surface area (Å²) in [6, 6.07) is 3.92. The van der Waals surface area contributed by atoms with Crippen molar-refractivity contribution in [2.75, 3.05) is 6.54 Å². The predicted molar refractivity (Wildman–Crippen MR) is 68.2 cm³/mol. The topological polar surface area (TPSA) is 46.3 Å². The lowest BCUT2D eigenvalue weighted by Crippen LogP contribution is -2.31. The van der Waals surface area contributed by atoms with Crippen LogP contribution in [0.25, 0.3) is 0 Å². The molecule has 3 heterocycles. The molecule has 0 aliphatic carbocycles. The van der Waals surface area contributed by atoms with E-state index < -0.39 is 0 Å². The van der Waals surface area contributed by atoms with E-state index >= 15 is 0 Å². The number of rotatable bonds is 3. The van der Waals surface area contributed by atoms with Crippen LogP contribution < -0.4 is 0 Å². The van der Waals surface area contributed by atoms with Crippen LogP contribution in [0.5, 0.6) is 0 Å². The van der Waals surface area contributed by atoms with Gasteiger partial charge in [0.15, 0.2) is 0 Å². The highest BCUT2D eigenvalue weighted by Crippen LogP contribution is 2.32. The van der Waals surface area contributed by atoms with Crippen LogP contribution in [-0.2, 0) is 11.2 Å². The molecule has 5 heteroatoms. The number of furan rings is 1. The molecule has 0 spiro atoms. The van der Waals surface area contributed by atoms with Crippen molar-refractivity contribution >= 4 is 17.2 Å². The Labute approximate surface area is 109 Å². The Hall–Kier alpha value is -1.62. The van der Waals surface area contributed by atoms with E-state index in [2.05, 4.69) is 4.98 Å². The van der Waals surface area contributed by atoms with E-state index in [1.54, 1.807) is 11.8 Å². The van der Waals surface area contributed by atoms with Gasteiger partial charge in [0.25, 0.3) is 0 Å². The second-order valence-corrected chi connectivity index (χ2v) is 5.14. The number of amides is 1. The first-order chi connectivity index (χ1) is 8.84. The van der Waals surface area contributed by atoms with E-state index in [1.165, 1.54) is 11.3 Å². The maximum Gasteiger partial charge on any atom is 0.229 e. The molecule has 0 N–H and O–H groups in total. The van der Waals surface area contributed by atoms with E-state index in [-0.39, 0.29) is 11.9 Å². The highest BCUT2D eigenvalue weighted by atomic mass is 32.1. The van der Waals surface area contributed by atoms with Gasteiger partial charge in [0.1, 0.15) is 5.76 Å².